The van der Waals surface area contributed by atoms with Gasteiger partial charge in [-0.3, -0.25) is 9.08 Å². The lowest BCUT2D eigenvalue weighted by atomic mass is 10.2. The van der Waals surface area contributed by atoms with Crippen LogP contribution in [-0.4, -0.2) is 19.2 Å². The summed E-state index contributed by atoms with van der Waals surface area (Å²) in [5.74, 6) is 0.488. The minimum Gasteiger partial charge on any atom is -0.383 e. The average Bonchev–Trinajstić information content (AvgIpc) is 2.85. The molecule has 3 rings (SSSR count). The van der Waals surface area contributed by atoms with Gasteiger partial charge in [-0.15, -0.1) is 0 Å². The molecule has 0 aliphatic heterocycles. The van der Waals surface area contributed by atoms with E-state index in [1.807, 2.05) is 13.2 Å². The number of imidazole rings is 1. The van der Waals surface area contributed by atoms with Crippen LogP contribution in [0.1, 0.15) is 0 Å². The number of nitrogens with two attached hydrogens (primary N) is 1. The van der Waals surface area contributed by atoms with E-state index in [-0.39, 0.29) is 0 Å². The Bertz CT molecular complexity index is 743. The number of hydrogen-bond donors (Lipinski definition) is 1. The highest BCUT2D eigenvalue weighted by Gasteiger charge is 2.15. The molecule has 0 saturated carbocycles. The van der Waals surface area contributed by atoms with Gasteiger partial charge >= 0.3 is 0 Å². The molecule has 0 spiro atoms. The Morgan fingerprint density at radius 2 is 2.06 bits per heavy atom. The summed E-state index contributed by atoms with van der Waals surface area (Å²) in [6.07, 6.45) is 5.23. The molecule has 7 heteroatoms. The van der Waals surface area contributed by atoms with E-state index in [0.717, 1.165) is 5.56 Å². The lowest BCUT2D eigenvalue weighted by Gasteiger charge is -1.99. The third kappa shape index (κ3) is 1.63. The van der Waals surface area contributed by atoms with Gasteiger partial charge in [0.15, 0.2) is 5.65 Å². The standard InChI is InChI=1S/C11H9Cl2N5/c1-17-4-6(3-15-17)9-10(14)18-5-7(12)2-8(13)11(18)16-9/h2-5H,14H2,1H3. The fraction of sp³-hybridized carbons (Fsp3) is 0.0909. The second-order valence-corrected chi connectivity index (χ2v) is 4.79. The van der Waals surface area contributed by atoms with E-state index in [4.69, 9.17) is 28.9 Å². The molecular formula is C11H9Cl2N5. The third-order valence-corrected chi connectivity index (χ3v) is 3.14. The minimum absolute atomic E-state index is 0.462. The first-order valence-corrected chi connectivity index (χ1v) is 5.93. The van der Waals surface area contributed by atoms with Crippen LogP contribution in [-0.2, 0) is 7.05 Å². The number of hydrogen-bond acceptors (Lipinski definition) is 3. The number of pyridine rings is 1. The summed E-state index contributed by atoms with van der Waals surface area (Å²) in [6.45, 7) is 0. The number of rotatable bonds is 1. The van der Waals surface area contributed by atoms with Crippen molar-refractivity contribution >= 4 is 34.7 Å². The first-order chi connectivity index (χ1) is 8.56. The first kappa shape index (κ1) is 11.4. The van der Waals surface area contributed by atoms with E-state index >= 15 is 0 Å². The van der Waals surface area contributed by atoms with Crippen molar-refractivity contribution < 1.29 is 0 Å². The van der Waals surface area contributed by atoms with E-state index in [0.29, 0.717) is 27.2 Å². The molecule has 0 aliphatic carbocycles. The van der Waals surface area contributed by atoms with Crippen LogP contribution < -0.4 is 5.73 Å². The SMILES string of the molecule is Cn1cc(-c2nc3c(Cl)cc(Cl)cn3c2N)cn1. The molecule has 5 nitrogen and oxygen atoms in total. The molecule has 0 unspecified atom stereocenters. The summed E-state index contributed by atoms with van der Waals surface area (Å²) in [7, 11) is 1.83. The van der Waals surface area contributed by atoms with Crippen molar-refractivity contribution in [2.45, 2.75) is 0 Å². The van der Waals surface area contributed by atoms with Gasteiger partial charge in [-0.2, -0.15) is 5.10 Å². The molecule has 0 atom stereocenters. The Balaban J connectivity index is 2.32. The Morgan fingerprint density at radius 3 is 2.72 bits per heavy atom. The molecular weight excluding hydrogens is 273 g/mol. The number of nitrogen functional groups attached to an aromatic ring is 1. The average molecular weight is 282 g/mol. The summed E-state index contributed by atoms with van der Waals surface area (Å²) >= 11 is 12.0. The monoisotopic (exact) mass is 281 g/mol. The summed E-state index contributed by atoms with van der Waals surface area (Å²) in [6, 6.07) is 1.64. The van der Waals surface area contributed by atoms with Crippen LogP contribution in [0.2, 0.25) is 10.0 Å². The molecule has 0 radical (unpaired) electrons. The van der Waals surface area contributed by atoms with E-state index in [9.17, 15) is 0 Å². The Hall–Kier alpha value is -1.72. The summed E-state index contributed by atoms with van der Waals surface area (Å²) in [5, 5.41) is 5.07. The van der Waals surface area contributed by atoms with Crippen molar-refractivity contribution in [3.8, 4) is 11.3 Å². The molecule has 0 saturated heterocycles. The van der Waals surface area contributed by atoms with Crippen LogP contribution in [0.4, 0.5) is 5.82 Å². The largest absolute Gasteiger partial charge is 0.383 e. The van der Waals surface area contributed by atoms with Crippen LogP contribution in [0.3, 0.4) is 0 Å². The number of fused-ring (bicyclic) bond motifs is 1. The van der Waals surface area contributed by atoms with E-state index in [1.165, 1.54) is 0 Å². The van der Waals surface area contributed by atoms with Gasteiger partial charge in [0.05, 0.1) is 16.2 Å². The van der Waals surface area contributed by atoms with Gasteiger partial charge < -0.3 is 5.73 Å². The van der Waals surface area contributed by atoms with E-state index in [2.05, 4.69) is 10.1 Å². The predicted molar refractivity (Wildman–Crippen MR) is 71.8 cm³/mol. The topological polar surface area (TPSA) is 61.1 Å². The molecule has 0 amide bonds. The van der Waals surface area contributed by atoms with Crippen molar-refractivity contribution in [1.29, 1.82) is 0 Å². The zero-order valence-corrected chi connectivity index (χ0v) is 10.9. The molecule has 3 aromatic heterocycles. The Morgan fingerprint density at radius 1 is 1.28 bits per heavy atom. The quantitative estimate of drug-likeness (QED) is 0.746. The van der Waals surface area contributed by atoms with Crippen LogP contribution in [0.25, 0.3) is 16.9 Å². The van der Waals surface area contributed by atoms with Gasteiger partial charge in [-0.1, -0.05) is 23.2 Å². The molecule has 0 aromatic carbocycles. The fourth-order valence-corrected chi connectivity index (χ4v) is 2.36. The number of aromatic nitrogens is 4. The highest BCUT2D eigenvalue weighted by molar-refractivity contribution is 6.36. The van der Waals surface area contributed by atoms with Crippen LogP contribution in [0.5, 0.6) is 0 Å². The summed E-state index contributed by atoms with van der Waals surface area (Å²) in [4.78, 5) is 4.43. The van der Waals surface area contributed by atoms with Gasteiger partial charge in [0.1, 0.15) is 11.5 Å². The first-order valence-electron chi connectivity index (χ1n) is 5.18. The van der Waals surface area contributed by atoms with Crippen LogP contribution in [0.15, 0.2) is 24.7 Å². The molecule has 3 heterocycles. The van der Waals surface area contributed by atoms with Gasteiger partial charge in [-0.25, -0.2) is 4.98 Å². The van der Waals surface area contributed by atoms with E-state index in [1.54, 1.807) is 27.5 Å². The second-order valence-electron chi connectivity index (χ2n) is 3.95. The third-order valence-electron chi connectivity index (χ3n) is 2.66. The highest BCUT2D eigenvalue weighted by Crippen LogP contribution is 2.30. The maximum absolute atomic E-state index is 6.10. The minimum atomic E-state index is 0.462. The lowest BCUT2D eigenvalue weighted by molar-refractivity contribution is 0.768. The second kappa shape index (κ2) is 3.90. The normalized spacial score (nSPS) is 11.3. The zero-order chi connectivity index (χ0) is 12.9. The predicted octanol–water partition coefficient (Wildman–Crippen LogP) is 2.62. The number of aryl methyl sites for hydroxylation is 1. The van der Waals surface area contributed by atoms with Gasteiger partial charge in [-0.05, 0) is 6.07 Å². The Kier molecular flexibility index (Phi) is 2.46. The van der Waals surface area contributed by atoms with Crippen LogP contribution in [0, 0.1) is 0 Å². The van der Waals surface area contributed by atoms with Crippen LogP contribution >= 0.6 is 23.2 Å². The zero-order valence-electron chi connectivity index (χ0n) is 9.43. The Labute approximate surface area is 113 Å². The lowest BCUT2D eigenvalue weighted by Crippen LogP contribution is -1.94. The van der Waals surface area contributed by atoms with Crippen molar-refractivity contribution in [3.05, 3.63) is 34.7 Å². The van der Waals surface area contributed by atoms with Crippen molar-refractivity contribution in [3.63, 3.8) is 0 Å². The molecule has 0 fully saturated rings. The summed E-state index contributed by atoms with van der Waals surface area (Å²) in [5.41, 5.74) is 8.13. The summed E-state index contributed by atoms with van der Waals surface area (Å²) < 4.78 is 3.36. The molecule has 3 aromatic rings. The molecule has 92 valence electrons. The van der Waals surface area contributed by atoms with Crippen molar-refractivity contribution in [2.24, 2.45) is 7.05 Å². The van der Waals surface area contributed by atoms with Crippen molar-refractivity contribution in [1.82, 2.24) is 19.2 Å². The molecule has 0 aliphatic rings. The van der Waals surface area contributed by atoms with Gasteiger partial charge in [0, 0.05) is 25.0 Å². The number of nitrogens with zero attached hydrogens (tertiary/aromatic N) is 4. The maximum Gasteiger partial charge on any atom is 0.158 e. The van der Waals surface area contributed by atoms with Gasteiger partial charge in [0.25, 0.3) is 0 Å². The smallest absolute Gasteiger partial charge is 0.158 e. The fourth-order valence-electron chi connectivity index (χ4n) is 1.85. The van der Waals surface area contributed by atoms with Gasteiger partial charge in [0.2, 0.25) is 0 Å². The highest BCUT2D eigenvalue weighted by atomic mass is 35.5. The molecule has 18 heavy (non-hydrogen) atoms. The molecule has 0 bridgehead atoms. The van der Waals surface area contributed by atoms with Crippen molar-refractivity contribution in [2.75, 3.05) is 5.73 Å². The number of halogens is 2. The number of anilines is 1. The molecule has 2 N–H and O–H groups in total. The van der Waals surface area contributed by atoms with E-state index < -0.39 is 0 Å². The maximum atomic E-state index is 6.10.